The summed E-state index contributed by atoms with van der Waals surface area (Å²) in [7, 11) is 2.86. The summed E-state index contributed by atoms with van der Waals surface area (Å²) in [4.78, 5) is 42.3. The average molecular weight is 560 g/mol. The number of methoxy groups -OCH3 is 2. The van der Waals surface area contributed by atoms with E-state index in [-0.39, 0.29) is 16.8 Å². The molecular weight excluding hydrogens is 534 g/mol. The third kappa shape index (κ3) is 4.64. The maximum atomic E-state index is 13.8. The Bertz CT molecular complexity index is 1890. The van der Waals surface area contributed by atoms with Crippen molar-refractivity contribution in [2.75, 3.05) is 14.2 Å². The third-order valence-electron chi connectivity index (χ3n) is 6.76. The third-order valence-corrected chi connectivity index (χ3v) is 7.74. The van der Waals surface area contributed by atoms with Crippen molar-refractivity contribution in [3.63, 3.8) is 0 Å². The number of nitro benzene ring substituents is 1. The highest BCUT2D eigenvalue weighted by molar-refractivity contribution is 7.07. The molecule has 2 aromatic carbocycles. The van der Waals surface area contributed by atoms with E-state index in [2.05, 4.69) is 4.99 Å². The zero-order chi connectivity index (χ0) is 28.7. The average Bonchev–Trinajstić information content (AvgIpc) is 3.51. The first-order valence-electron chi connectivity index (χ1n) is 12.2. The van der Waals surface area contributed by atoms with E-state index in [4.69, 9.17) is 13.9 Å². The van der Waals surface area contributed by atoms with Gasteiger partial charge in [0.15, 0.2) is 4.80 Å². The normalized spacial score (nSPS) is 15.0. The van der Waals surface area contributed by atoms with E-state index in [9.17, 15) is 19.7 Å². The van der Waals surface area contributed by atoms with Crippen molar-refractivity contribution in [3.8, 4) is 17.1 Å². The molecule has 1 aliphatic rings. The van der Waals surface area contributed by atoms with Crippen LogP contribution >= 0.6 is 11.3 Å². The van der Waals surface area contributed by atoms with Gasteiger partial charge in [0.25, 0.3) is 11.2 Å². The Morgan fingerprint density at radius 3 is 2.55 bits per heavy atom. The maximum absolute atomic E-state index is 13.8. The van der Waals surface area contributed by atoms with E-state index in [0.29, 0.717) is 49.0 Å². The molecule has 1 atom stereocenters. The highest BCUT2D eigenvalue weighted by atomic mass is 32.1. The number of aryl methyl sites for hydroxylation is 2. The lowest BCUT2D eigenvalue weighted by atomic mass is 9.95. The topological polar surface area (TPSA) is 126 Å². The Morgan fingerprint density at radius 2 is 1.88 bits per heavy atom. The standard InChI is InChI=1S/C29H25N3O7S/c1-15-6-7-18(13-23(15)37-4)26-25(28(34)38-5)17(3)30-29-31(26)27(33)24(40-29)14-20-9-11-22(39-20)21-10-8-19(32(35)36)12-16(21)2/h6-14,26H,1-5H3/b24-14+/t26-/m0/s1. The quantitative estimate of drug-likeness (QED) is 0.197. The molecule has 3 heterocycles. The summed E-state index contributed by atoms with van der Waals surface area (Å²) in [5.41, 5.74) is 3.37. The van der Waals surface area contributed by atoms with Gasteiger partial charge in [0.2, 0.25) is 0 Å². The van der Waals surface area contributed by atoms with Crippen molar-refractivity contribution in [3.05, 3.63) is 112 Å². The summed E-state index contributed by atoms with van der Waals surface area (Å²) in [6, 6.07) is 12.8. The van der Waals surface area contributed by atoms with Crippen LogP contribution in [0.25, 0.3) is 17.4 Å². The Hall–Kier alpha value is -4.77. The second kappa shape index (κ2) is 10.4. The summed E-state index contributed by atoms with van der Waals surface area (Å²) in [6.45, 7) is 5.39. The summed E-state index contributed by atoms with van der Waals surface area (Å²) >= 11 is 1.18. The molecule has 4 aromatic rings. The van der Waals surface area contributed by atoms with E-state index in [0.717, 1.165) is 5.56 Å². The first kappa shape index (κ1) is 26.8. The van der Waals surface area contributed by atoms with Crippen LogP contribution in [0.1, 0.15) is 35.4 Å². The largest absolute Gasteiger partial charge is 0.496 e. The van der Waals surface area contributed by atoms with E-state index >= 15 is 0 Å². The zero-order valence-corrected chi connectivity index (χ0v) is 23.2. The molecule has 1 aliphatic heterocycles. The first-order valence-corrected chi connectivity index (χ1v) is 13.0. The van der Waals surface area contributed by atoms with Gasteiger partial charge in [0, 0.05) is 23.8 Å². The van der Waals surface area contributed by atoms with Crippen molar-refractivity contribution in [2.45, 2.75) is 26.8 Å². The fourth-order valence-corrected chi connectivity index (χ4v) is 5.78. The number of non-ortho nitro benzene ring substituents is 1. The second-order valence-electron chi connectivity index (χ2n) is 9.26. The van der Waals surface area contributed by atoms with Gasteiger partial charge >= 0.3 is 5.97 Å². The fraction of sp³-hybridized carbons (Fsp3) is 0.207. The number of carbonyl (C=O) groups is 1. The highest BCUT2D eigenvalue weighted by Gasteiger charge is 2.33. The number of aromatic nitrogens is 1. The van der Waals surface area contributed by atoms with Crippen LogP contribution in [0.15, 0.2) is 74.0 Å². The predicted molar refractivity (Wildman–Crippen MR) is 149 cm³/mol. The van der Waals surface area contributed by atoms with Gasteiger partial charge in [-0.1, -0.05) is 23.5 Å². The van der Waals surface area contributed by atoms with Crippen LogP contribution in [0.2, 0.25) is 0 Å². The second-order valence-corrected chi connectivity index (χ2v) is 10.3. The van der Waals surface area contributed by atoms with Gasteiger partial charge in [-0.05, 0) is 61.7 Å². The minimum atomic E-state index is -0.768. The number of ether oxygens (including phenoxy) is 2. The van der Waals surface area contributed by atoms with E-state index < -0.39 is 16.9 Å². The van der Waals surface area contributed by atoms with E-state index in [1.54, 1.807) is 45.2 Å². The van der Waals surface area contributed by atoms with E-state index in [1.165, 1.54) is 35.1 Å². The SMILES string of the molecule is COC(=O)C1=C(C)N=c2s/c(=C/c3ccc(-c4ccc([N+](=O)[O-])cc4C)o3)c(=O)n2[C@H]1c1ccc(C)c(OC)c1. The Kier molecular flexibility index (Phi) is 6.99. The van der Waals surface area contributed by atoms with Gasteiger partial charge in [0.05, 0.1) is 41.0 Å². The van der Waals surface area contributed by atoms with Gasteiger partial charge in [-0.25, -0.2) is 9.79 Å². The molecule has 0 radical (unpaired) electrons. The first-order chi connectivity index (χ1) is 19.1. The van der Waals surface area contributed by atoms with Crippen LogP contribution in [0, 0.1) is 24.0 Å². The van der Waals surface area contributed by atoms with Crippen molar-refractivity contribution in [1.29, 1.82) is 0 Å². The molecule has 0 unspecified atom stereocenters. The fourth-order valence-electron chi connectivity index (χ4n) is 4.76. The number of fused-ring (bicyclic) bond motifs is 1. The molecule has 0 saturated carbocycles. The Balaban J connectivity index is 1.63. The van der Waals surface area contributed by atoms with Crippen LogP contribution < -0.4 is 19.6 Å². The lowest BCUT2D eigenvalue weighted by molar-refractivity contribution is -0.384. The molecule has 204 valence electrons. The number of allylic oxidation sites excluding steroid dienone is 1. The van der Waals surface area contributed by atoms with Crippen LogP contribution in [0.4, 0.5) is 5.69 Å². The number of carbonyl (C=O) groups excluding carboxylic acids is 1. The Morgan fingerprint density at radius 1 is 1.10 bits per heavy atom. The molecule has 0 aliphatic carbocycles. The molecule has 0 saturated heterocycles. The summed E-state index contributed by atoms with van der Waals surface area (Å²) < 4.78 is 18.4. The molecule has 10 nitrogen and oxygen atoms in total. The van der Waals surface area contributed by atoms with Crippen LogP contribution in [-0.4, -0.2) is 29.7 Å². The number of nitrogens with zero attached hydrogens (tertiary/aromatic N) is 3. The summed E-state index contributed by atoms with van der Waals surface area (Å²) in [6.07, 6.45) is 1.62. The van der Waals surface area contributed by atoms with Crippen molar-refractivity contribution >= 4 is 29.1 Å². The van der Waals surface area contributed by atoms with E-state index in [1.807, 2.05) is 25.1 Å². The molecule has 0 spiro atoms. The molecule has 5 rings (SSSR count). The monoisotopic (exact) mass is 559 g/mol. The molecule has 11 heteroatoms. The number of furan rings is 1. The van der Waals surface area contributed by atoms with Gasteiger partial charge in [-0.3, -0.25) is 19.5 Å². The predicted octanol–water partition coefficient (Wildman–Crippen LogP) is 4.20. The smallest absolute Gasteiger partial charge is 0.338 e. The van der Waals surface area contributed by atoms with Crippen molar-refractivity contribution < 1.29 is 23.6 Å². The van der Waals surface area contributed by atoms with Crippen molar-refractivity contribution in [1.82, 2.24) is 4.57 Å². The van der Waals surface area contributed by atoms with Crippen LogP contribution in [0.5, 0.6) is 5.75 Å². The summed E-state index contributed by atoms with van der Waals surface area (Å²) in [5, 5.41) is 11.1. The Labute approximate surface area is 232 Å². The highest BCUT2D eigenvalue weighted by Crippen LogP contribution is 2.33. The number of hydrogen-bond acceptors (Lipinski definition) is 9. The number of benzene rings is 2. The molecule has 0 N–H and O–H groups in total. The molecule has 0 fully saturated rings. The van der Waals surface area contributed by atoms with Crippen LogP contribution in [-0.2, 0) is 9.53 Å². The van der Waals surface area contributed by atoms with Gasteiger partial charge in [-0.2, -0.15) is 0 Å². The van der Waals surface area contributed by atoms with Gasteiger partial charge < -0.3 is 13.9 Å². The number of hydrogen-bond donors (Lipinski definition) is 0. The zero-order valence-electron chi connectivity index (χ0n) is 22.4. The minimum absolute atomic E-state index is 0.00323. The lowest BCUT2D eigenvalue weighted by Gasteiger charge is -2.25. The number of rotatable bonds is 6. The molecule has 0 amide bonds. The number of thiazole rings is 1. The van der Waals surface area contributed by atoms with Crippen LogP contribution in [0.3, 0.4) is 0 Å². The molecular formula is C29H25N3O7S. The molecule has 2 aromatic heterocycles. The molecule has 40 heavy (non-hydrogen) atoms. The number of esters is 1. The van der Waals surface area contributed by atoms with Gasteiger partial charge in [0.1, 0.15) is 17.3 Å². The summed E-state index contributed by atoms with van der Waals surface area (Å²) in [5.74, 6) is 0.993. The minimum Gasteiger partial charge on any atom is -0.496 e. The van der Waals surface area contributed by atoms with Gasteiger partial charge in [-0.15, -0.1) is 0 Å². The van der Waals surface area contributed by atoms with Crippen molar-refractivity contribution in [2.24, 2.45) is 4.99 Å². The number of nitro groups is 1. The molecule has 0 bridgehead atoms. The maximum Gasteiger partial charge on any atom is 0.338 e. The lowest BCUT2D eigenvalue weighted by Crippen LogP contribution is -2.39.